The third-order valence-corrected chi connectivity index (χ3v) is 6.38. The Kier molecular flexibility index (Phi) is 5.86. The van der Waals surface area contributed by atoms with Crippen LogP contribution >= 0.6 is 0 Å². The molecule has 0 aromatic heterocycles. The summed E-state index contributed by atoms with van der Waals surface area (Å²) in [5.41, 5.74) is 3.32. The van der Waals surface area contributed by atoms with E-state index in [1.165, 1.54) is 50.2 Å². The molecule has 0 aliphatic carbocycles. The molecule has 0 radical (unpaired) electrons. The number of nitrogens with zero attached hydrogens (tertiary/aromatic N) is 2. The Bertz CT molecular complexity index is 884. The molecule has 154 valence electrons. The van der Waals surface area contributed by atoms with Crippen LogP contribution in [0.2, 0.25) is 0 Å². The normalized spacial score (nSPS) is 22.2. The molecular weight excluding hydrogens is 365 g/mol. The van der Waals surface area contributed by atoms with E-state index in [0.29, 0.717) is 5.56 Å². The van der Waals surface area contributed by atoms with Crippen LogP contribution in [-0.4, -0.2) is 43.0 Å². The monoisotopic (exact) mass is 395 g/mol. The zero-order valence-corrected chi connectivity index (χ0v) is 17.3. The molecule has 29 heavy (non-hydrogen) atoms. The van der Waals surface area contributed by atoms with Crippen molar-refractivity contribution in [1.82, 2.24) is 4.90 Å². The van der Waals surface area contributed by atoms with Gasteiger partial charge in [-0.15, -0.1) is 0 Å². The van der Waals surface area contributed by atoms with Crippen molar-refractivity contribution in [3.63, 3.8) is 0 Å². The van der Waals surface area contributed by atoms with Gasteiger partial charge in [0.2, 0.25) is 0 Å². The zero-order chi connectivity index (χ0) is 20.4. The van der Waals surface area contributed by atoms with E-state index in [0.717, 1.165) is 36.3 Å². The van der Waals surface area contributed by atoms with Gasteiger partial charge in [-0.3, -0.25) is 4.79 Å². The SMILES string of the molecule is Cc1cc(N2CCC(CN3CCCC3C)C2)ccc1NC(=O)c1cccc(F)c1. The van der Waals surface area contributed by atoms with Crippen molar-refractivity contribution >= 4 is 17.3 Å². The number of anilines is 2. The van der Waals surface area contributed by atoms with Gasteiger partial charge < -0.3 is 15.1 Å². The van der Waals surface area contributed by atoms with Crippen LogP contribution < -0.4 is 10.2 Å². The standard InChI is InChI=1S/C24H30FN3O/c1-17-13-22(28-12-10-19(16-28)15-27-11-4-5-18(27)2)8-9-23(17)26-24(29)20-6-3-7-21(25)14-20/h3,6-9,13-14,18-19H,4-5,10-12,15-16H2,1-2H3,(H,26,29). The number of halogens is 1. The Hall–Kier alpha value is -2.40. The summed E-state index contributed by atoms with van der Waals surface area (Å²) in [6, 6.07) is 12.7. The van der Waals surface area contributed by atoms with Crippen LogP contribution in [0.5, 0.6) is 0 Å². The lowest BCUT2D eigenvalue weighted by Crippen LogP contribution is -2.33. The van der Waals surface area contributed by atoms with Crippen LogP contribution in [0.25, 0.3) is 0 Å². The number of likely N-dealkylation sites (tertiary alicyclic amines) is 1. The van der Waals surface area contributed by atoms with E-state index in [1.54, 1.807) is 12.1 Å². The third-order valence-electron chi connectivity index (χ3n) is 6.38. The van der Waals surface area contributed by atoms with E-state index in [-0.39, 0.29) is 5.91 Å². The summed E-state index contributed by atoms with van der Waals surface area (Å²) in [5.74, 6) is 0.0289. The summed E-state index contributed by atoms with van der Waals surface area (Å²) in [7, 11) is 0. The highest BCUT2D eigenvalue weighted by molar-refractivity contribution is 6.04. The van der Waals surface area contributed by atoms with E-state index in [1.807, 2.05) is 13.0 Å². The smallest absolute Gasteiger partial charge is 0.255 e. The van der Waals surface area contributed by atoms with Gasteiger partial charge in [0.05, 0.1) is 0 Å². The molecule has 2 aromatic carbocycles. The first kappa shape index (κ1) is 19.9. The average Bonchev–Trinajstić information content (AvgIpc) is 3.33. The van der Waals surface area contributed by atoms with Crippen molar-refractivity contribution < 1.29 is 9.18 Å². The quantitative estimate of drug-likeness (QED) is 0.797. The molecule has 0 spiro atoms. The lowest BCUT2D eigenvalue weighted by molar-refractivity contribution is 0.102. The molecule has 1 amide bonds. The highest BCUT2D eigenvalue weighted by atomic mass is 19.1. The molecule has 2 saturated heterocycles. The first-order valence-electron chi connectivity index (χ1n) is 10.7. The fourth-order valence-corrected chi connectivity index (χ4v) is 4.62. The minimum absolute atomic E-state index is 0.290. The molecule has 2 unspecified atom stereocenters. The van der Waals surface area contributed by atoms with Gasteiger partial charge >= 0.3 is 0 Å². The van der Waals surface area contributed by atoms with E-state index in [9.17, 15) is 9.18 Å². The molecule has 0 bridgehead atoms. The number of hydrogen-bond donors (Lipinski definition) is 1. The summed E-state index contributed by atoms with van der Waals surface area (Å²) >= 11 is 0. The van der Waals surface area contributed by atoms with Gasteiger partial charge in [-0.05, 0) is 87.5 Å². The summed E-state index contributed by atoms with van der Waals surface area (Å²) in [6.45, 7) is 8.98. The van der Waals surface area contributed by atoms with Gasteiger partial charge in [-0.1, -0.05) is 6.07 Å². The van der Waals surface area contributed by atoms with Crippen LogP contribution in [0.1, 0.15) is 42.1 Å². The average molecular weight is 396 g/mol. The van der Waals surface area contributed by atoms with Crippen LogP contribution in [0, 0.1) is 18.7 Å². The molecule has 2 atom stereocenters. The Labute approximate surface area is 172 Å². The van der Waals surface area contributed by atoms with Crippen molar-refractivity contribution in [2.45, 2.75) is 39.2 Å². The summed E-state index contributed by atoms with van der Waals surface area (Å²) in [6.07, 6.45) is 3.90. The second kappa shape index (κ2) is 8.54. The number of aryl methyl sites for hydroxylation is 1. The van der Waals surface area contributed by atoms with Gasteiger partial charge in [0.15, 0.2) is 0 Å². The number of nitrogens with one attached hydrogen (secondary N) is 1. The Morgan fingerprint density at radius 2 is 2.03 bits per heavy atom. The van der Waals surface area contributed by atoms with Crippen molar-refractivity contribution in [2.24, 2.45) is 5.92 Å². The molecule has 2 aliphatic heterocycles. The maximum Gasteiger partial charge on any atom is 0.255 e. The highest BCUT2D eigenvalue weighted by Crippen LogP contribution is 2.29. The Morgan fingerprint density at radius 3 is 2.76 bits per heavy atom. The van der Waals surface area contributed by atoms with Gasteiger partial charge in [-0.25, -0.2) is 4.39 Å². The van der Waals surface area contributed by atoms with Crippen LogP contribution in [0.3, 0.4) is 0 Å². The summed E-state index contributed by atoms with van der Waals surface area (Å²) in [4.78, 5) is 17.5. The van der Waals surface area contributed by atoms with Crippen LogP contribution in [0.4, 0.5) is 15.8 Å². The van der Waals surface area contributed by atoms with E-state index >= 15 is 0 Å². The second-order valence-corrected chi connectivity index (χ2v) is 8.55. The molecule has 0 saturated carbocycles. The first-order chi connectivity index (χ1) is 14.0. The minimum atomic E-state index is -0.406. The third kappa shape index (κ3) is 4.61. The van der Waals surface area contributed by atoms with E-state index in [2.05, 4.69) is 34.2 Å². The maximum absolute atomic E-state index is 13.4. The Balaban J connectivity index is 1.38. The molecule has 5 heteroatoms. The number of carbonyl (C=O) groups excluding carboxylic acids is 1. The van der Waals surface area contributed by atoms with E-state index in [4.69, 9.17) is 0 Å². The predicted octanol–water partition coefficient (Wildman–Crippen LogP) is 4.70. The number of rotatable bonds is 5. The highest BCUT2D eigenvalue weighted by Gasteiger charge is 2.28. The van der Waals surface area contributed by atoms with Crippen molar-refractivity contribution in [3.05, 3.63) is 59.4 Å². The molecule has 4 rings (SSSR count). The molecule has 2 heterocycles. The summed E-state index contributed by atoms with van der Waals surface area (Å²) in [5, 5.41) is 2.90. The van der Waals surface area contributed by atoms with Gasteiger partial charge in [0.25, 0.3) is 5.91 Å². The lowest BCUT2D eigenvalue weighted by atomic mass is 10.1. The fourth-order valence-electron chi connectivity index (χ4n) is 4.62. The molecular formula is C24H30FN3O. The number of benzene rings is 2. The van der Waals surface area contributed by atoms with Crippen LogP contribution in [0.15, 0.2) is 42.5 Å². The maximum atomic E-state index is 13.4. The zero-order valence-electron chi connectivity index (χ0n) is 17.3. The van der Waals surface area contributed by atoms with Crippen LogP contribution in [-0.2, 0) is 0 Å². The van der Waals surface area contributed by atoms with E-state index < -0.39 is 5.82 Å². The number of amides is 1. The van der Waals surface area contributed by atoms with Gasteiger partial charge in [0, 0.05) is 42.6 Å². The van der Waals surface area contributed by atoms with Crippen molar-refractivity contribution in [3.8, 4) is 0 Å². The number of hydrogen-bond acceptors (Lipinski definition) is 3. The van der Waals surface area contributed by atoms with Crippen molar-refractivity contribution in [1.29, 1.82) is 0 Å². The minimum Gasteiger partial charge on any atom is -0.371 e. The molecule has 1 N–H and O–H groups in total. The van der Waals surface area contributed by atoms with Gasteiger partial charge in [-0.2, -0.15) is 0 Å². The first-order valence-corrected chi connectivity index (χ1v) is 10.7. The topological polar surface area (TPSA) is 35.6 Å². The van der Waals surface area contributed by atoms with Gasteiger partial charge in [0.1, 0.15) is 5.82 Å². The molecule has 4 nitrogen and oxygen atoms in total. The van der Waals surface area contributed by atoms with Crippen molar-refractivity contribution in [2.75, 3.05) is 36.4 Å². The Morgan fingerprint density at radius 1 is 1.17 bits per heavy atom. The molecule has 2 aromatic rings. The fraction of sp³-hybridized carbons (Fsp3) is 0.458. The number of carbonyl (C=O) groups is 1. The largest absolute Gasteiger partial charge is 0.371 e. The molecule has 2 fully saturated rings. The molecule has 2 aliphatic rings. The predicted molar refractivity (Wildman–Crippen MR) is 116 cm³/mol. The second-order valence-electron chi connectivity index (χ2n) is 8.55. The lowest BCUT2D eigenvalue weighted by Gasteiger charge is -2.25. The summed E-state index contributed by atoms with van der Waals surface area (Å²) < 4.78 is 13.4.